The van der Waals surface area contributed by atoms with Crippen molar-refractivity contribution in [2.24, 2.45) is 0 Å². The molecule has 0 aliphatic heterocycles. The zero-order chi connectivity index (χ0) is 14.9. The Bertz CT molecular complexity index is 262. The van der Waals surface area contributed by atoms with Gasteiger partial charge in [0.15, 0.2) is 0 Å². The van der Waals surface area contributed by atoms with Crippen LogP contribution in [0.3, 0.4) is 0 Å². The molecule has 0 unspecified atom stereocenters. The average Bonchev–Trinajstić information content (AvgIpc) is 2.43. The first kappa shape index (κ1) is 23.8. The second-order valence-corrected chi connectivity index (χ2v) is 5.43. The molecule has 0 aliphatic rings. The Hall–Kier alpha value is 0.586. The third-order valence-electron chi connectivity index (χ3n) is 3.45. The summed E-state index contributed by atoms with van der Waals surface area (Å²) in [6.07, 6.45) is 20.9. The van der Waals surface area contributed by atoms with E-state index in [1.165, 1.54) is 51.4 Å². The minimum Gasteiger partial charge on any atom is -0.550 e. The molecule has 21 heavy (non-hydrogen) atoms. The van der Waals surface area contributed by atoms with Gasteiger partial charge in [0.25, 0.3) is 0 Å². The van der Waals surface area contributed by atoms with Crippen LogP contribution in [0, 0.1) is 0 Å². The Morgan fingerprint density at radius 2 is 1.19 bits per heavy atom. The molecular weight excluding hydrogens is 287 g/mol. The van der Waals surface area contributed by atoms with E-state index >= 15 is 0 Å². The van der Waals surface area contributed by atoms with Gasteiger partial charge in [0.1, 0.15) is 0 Å². The van der Waals surface area contributed by atoms with Crippen LogP contribution in [0.1, 0.15) is 83.5 Å². The van der Waals surface area contributed by atoms with Crippen molar-refractivity contribution < 1.29 is 61.3 Å². The predicted octanol–water partition coefficient (Wildman–Crippen LogP) is 1.55. The summed E-state index contributed by atoms with van der Waals surface area (Å²) in [6.45, 7) is 3.72. The summed E-state index contributed by atoms with van der Waals surface area (Å²) in [5.41, 5.74) is 0. The number of carbonyl (C=O) groups excluding carboxylic acids is 1. The van der Waals surface area contributed by atoms with E-state index in [-0.39, 0.29) is 57.8 Å². The summed E-state index contributed by atoms with van der Waals surface area (Å²) < 4.78 is 0. The van der Waals surface area contributed by atoms with Crippen molar-refractivity contribution in [2.75, 3.05) is 0 Å². The molecule has 0 fully saturated rings. The molecule has 2 nitrogen and oxygen atoms in total. The van der Waals surface area contributed by atoms with E-state index in [0.29, 0.717) is 0 Å². The molecule has 0 saturated carbocycles. The monoisotopic (exact) mass is 318 g/mol. The van der Waals surface area contributed by atoms with Gasteiger partial charge in [-0.1, -0.05) is 50.3 Å². The molecule has 0 aromatic carbocycles. The number of hydrogen-bond donors (Lipinski definition) is 0. The molecule has 0 aliphatic carbocycles. The normalized spacial score (nSPS) is 10.5. The fourth-order valence-electron chi connectivity index (χ4n) is 2.20. The van der Waals surface area contributed by atoms with Crippen LogP contribution in [-0.4, -0.2) is 5.97 Å². The van der Waals surface area contributed by atoms with Gasteiger partial charge in [-0.05, 0) is 51.4 Å². The number of allylic oxidation sites excluding steroid dienone is 3. The van der Waals surface area contributed by atoms with Crippen molar-refractivity contribution in [1.29, 1.82) is 0 Å². The van der Waals surface area contributed by atoms with Gasteiger partial charge < -0.3 is 9.90 Å². The van der Waals surface area contributed by atoms with Crippen LogP contribution in [0.5, 0.6) is 0 Å². The van der Waals surface area contributed by atoms with Gasteiger partial charge in [-0.15, -0.1) is 6.58 Å². The molecule has 0 N–H and O–H groups in total. The quantitative estimate of drug-likeness (QED) is 0.261. The van der Waals surface area contributed by atoms with Gasteiger partial charge in [-0.25, -0.2) is 0 Å². The number of carboxylic acids is 1. The molecule has 0 spiro atoms. The summed E-state index contributed by atoms with van der Waals surface area (Å²) in [5.74, 6) is -0.917. The van der Waals surface area contributed by atoms with Gasteiger partial charge in [-0.3, -0.25) is 0 Å². The molecule has 0 atom stereocenters. The first-order valence-corrected chi connectivity index (χ1v) is 8.23. The van der Waals surface area contributed by atoms with E-state index in [1.807, 2.05) is 6.08 Å². The number of carboxylic acid groups (broad SMARTS) is 1. The van der Waals surface area contributed by atoms with E-state index in [2.05, 4.69) is 18.7 Å². The van der Waals surface area contributed by atoms with Crippen LogP contribution >= 0.6 is 0 Å². The maximum atomic E-state index is 10.2. The number of unbranched alkanes of at least 4 members (excludes halogenated alkanes) is 10. The van der Waals surface area contributed by atoms with Crippen molar-refractivity contribution in [3.8, 4) is 0 Å². The third kappa shape index (κ3) is 23.0. The SMILES string of the molecule is C=CCCCCC/C=C/CCCCCCCCC(=O)[O-].[K+]. The summed E-state index contributed by atoms with van der Waals surface area (Å²) in [4.78, 5) is 10.2. The summed E-state index contributed by atoms with van der Waals surface area (Å²) in [5, 5.41) is 10.2. The Kier molecular flexibility index (Phi) is 23.4. The van der Waals surface area contributed by atoms with Crippen molar-refractivity contribution in [3.63, 3.8) is 0 Å². The van der Waals surface area contributed by atoms with E-state index in [0.717, 1.165) is 25.7 Å². The topological polar surface area (TPSA) is 40.1 Å². The Balaban J connectivity index is 0. The van der Waals surface area contributed by atoms with Crippen LogP contribution in [0.15, 0.2) is 24.8 Å². The molecule has 3 heteroatoms. The van der Waals surface area contributed by atoms with E-state index in [4.69, 9.17) is 0 Å². The van der Waals surface area contributed by atoms with E-state index < -0.39 is 5.97 Å². The molecule has 0 aromatic heterocycles. The molecular formula is C18H31KO2. The molecule has 0 saturated heterocycles. The van der Waals surface area contributed by atoms with Gasteiger partial charge in [0.2, 0.25) is 0 Å². The van der Waals surface area contributed by atoms with Crippen molar-refractivity contribution >= 4 is 5.97 Å². The number of aliphatic carboxylic acids is 1. The second-order valence-electron chi connectivity index (χ2n) is 5.43. The largest absolute Gasteiger partial charge is 1.00 e. The zero-order valence-corrected chi connectivity index (χ0v) is 17.1. The van der Waals surface area contributed by atoms with Crippen LogP contribution < -0.4 is 56.5 Å². The zero-order valence-electron chi connectivity index (χ0n) is 13.9. The third-order valence-corrected chi connectivity index (χ3v) is 3.45. The fourth-order valence-corrected chi connectivity index (χ4v) is 2.20. The van der Waals surface area contributed by atoms with Crippen LogP contribution in [0.2, 0.25) is 0 Å². The first-order chi connectivity index (χ1) is 9.77. The summed E-state index contributed by atoms with van der Waals surface area (Å²) >= 11 is 0. The summed E-state index contributed by atoms with van der Waals surface area (Å²) in [7, 11) is 0. The van der Waals surface area contributed by atoms with Crippen LogP contribution in [-0.2, 0) is 4.79 Å². The number of rotatable bonds is 15. The van der Waals surface area contributed by atoms with Gasteiger partial charge in [0.05, 0.1) is 0 Å². The predicted molar refractivity (Wildman–Crippen MR) is 84.4 cm³/mol. The Morgan fingerprint density at radius 3 is 1.71 bits per heavy atom. The van der Waals surface area contributed by atoms with Crippen molar-refractivity contribution in [3.05, 3.63) is 24.8 Å². The molecule has 0 aromatic rings. The van der Waals surface area contributed by atoms with Crippen molar-refractivity contribution in [2.45, 2.75) is 83.5 Å². The molecule has 116 valence electrons. The standard InChI is InChI=1S/C18H32O2.K/c1-2-3-4-5-6-7-8-9-10-11-12-13-14-15-16-17-18(19)20;/h2,8-9H,1,3-7,10-17H2,(H,19,20);/q;+1/p-1/b9-8+;. The van der Waals surface area contributed by atoms with Crippen molar-refractivity contribution in [1.82, 2.24) is 0 Å². The van der Waals surface area contributed by atoms with Gasteiger partial charge >= 0.3 is 51.4 Å². The Morgan fingerprint density at radius 1 is 0.762 bits per heavy atom. The number of hydrogen-bond acceptors (Lipinski definition) is 2. The number of carbonyl (C=O) groups is 1. The molecule has 0 bridgehead atoms. The molecule has 0 rings (SSSR count). The molecule has 0 amide bonds. The van der Waals surface area contributed by atoms with Gasteiger partial charge in [-0.2, -0.15) is 0 Å². The first-order valence-electron chi connectivity index (χ1n) is 8.23. The average molecular weight is 319 g/mol. The Labute approximate surface area is 173 Å². The second kappa shape index (κ2) is 20.6. The maximum absolute atomic E-state index is 10.2. The maximum Gasteiger partial charge on any atom is 1.00 e. The van der Waals surface area contributed by atoms with E-state index in [1.54, 1.807) is 0 Å². The van der Waals surface area contributed by atoms with Crippen LogP contribution in [0.25, 0.3) is 0 Å². The van der Waals surface area contributed by atoms with E-state index in [9.17, 15) is 9.90 Å². The smallest absolute Gasteiger partial charge is 0.550 e. The van der Waals surface area contributed by atoms with Gasteiger partial charge in [0, 0.05) is 5.97 Å². The molecule has 0 heterocycles. The fraction of sp³-hybridized carbons (Fsp3) is 0.722. The summed E-state index contributed by atoms with van der Waals surface area (Å²) in [6, 6.07) is 0. The van der Waals surface area contributed by atoms with Crippen LogP contribution in [0.4, 0.5) is 0 Å². The molecule has 0 radical (unpaired) electrons. The minimum absolute atomic E-state index is 0. The minimum atomic E-state index is -0.917.